The number of likely N-dealkylation sites (tertiary alicyclic amines) is 1. The first kappa shape index (κ1) is 20.1. The SMILES string of the molecule is O=C(c1cccc(S(=O)(=O)N2CCCC2)c1)N1CCC(Cc2ccccc2)CC1. The maximum atomic E-state index is 13.0. The second-order valence-corrected chi connectivity index (χ2v) is 10.0. The highest BCUT2D eigenvalue weighted by Crippen LogP contribution is 2.25. The topological polar surface area (TPSA) is 57.7 Å². The molecule has 2 saturated heterocycles. The van der Waals surface area contributed by atoms with Gasteiger partial charge in [0, 0.05) is 31.7 Å². The molecule has 0 radical (unpaired) electrons. The summed E-state index contributed by atoms with van der Waals surface area (Å²) in [6, 6.07) is 17.0. The Hall–Kier alpha value is -2.18. The smallest absolute Gasteiger partial charge is 0.253 e. The van der Waals surface area contributed by atoms with Gasteiger partial charge in [0.1, 0.15) is 0 Å². The van der Waals surface area contributed by atoms with Crippen LogP contribution in [-0.4, -0.2) is 49.7 Å². The van der Waals surface area contributed by atoms with Crippen molar-refractivity contribution >= 4 is 15.9 Å². The van der Waals surface area contributed by atoms with Crippen molar-refractivity contribution in [3.63, 3.8) is 0 Å². The van der Waals surface area contributed by atoms with Crippen molar-refractivity contribution < 1.29 is 13.2 Å². The third-order valence-corrected chi connectivity index (χ3v) is 7.95. The first-order chi connectivity index (χ1) is 14.0. The third-order valence-electron chi connectivity index (χ3n) is 6.05. The van der Waals surface area contributed by atoms with E-state index < -0.39 is 10.0 Å². The van der Waals surface area contributed by atoms with Crippen LogP contribution in [0.15, 0.2) is 59.5 Å². The van der Waals surface area contributed by atoms with E-state index in [0.29, 0.717) is 24.6 Å². The van der Waals surface area contributed by atoms with Gasteiger partial charge in [0.05, 0.1) is 4.90 Å². The molecular weight excluding hydrogens is 384 g/mol. The Labute approximate surface area is 173 Å². The first-order valence-electron chi connectivity index (χ1n) is 10.5. The Balaban J connectivity index is 1.40. The van der Waals surface area contributed by atoms with Crippen LogP contribution in [-0.2, 0) is 16.4 Å². The summed E-state index contributed by atoms with van der Waals surface area (Å²) in [7, 11) is -3.51. The van der Waals surface area contributed by atoms with Crippen molar-refractivity contribution in [3.8, 4) is 0 Å². The lowest BCUT2D eigenvalue weighted by Crippen LogP contribution is -2.39. The number of piperidine rings is 1. The van der Waals surface area contributed by atoms with Gasteiger partial charge in [-0.15, -0.1) is 0 Å². The van der Waals surface area contributed by atoms with Gasteiger partial charge >= 0.3 is 0 Å². The molecule has 0 saturated carbocycles. The number of carbonyl (C=O) groups excluding carboxylic acids is 1. The highest BCUT2D eigenvalue weighted by Gasteiger charge is 2.29. The highest BCUT2D eigenvalue weighted by atomic mass is 32.2. The fourth-order valence-electron chi connectivity index (χ4n) is 4.34. The van der Waals surface area contributed by atoms with E-state index in [-0.39, 0.29) is 10.8 Å². The van der Waals surface area contributed by atoms with E-state index in [4.69, 9.17) is 0 Å². The van der Waals surface area contributed by atoms with Crippen LogP contribution in [0, 0.1) is 5.92 Å². The Morgan fingerprint density at radius 2 is 1.59 bits per heavy atom. The van der Waals surface area contributed by atoms with Crippen LogP contribution >= 0.6 is 0 Å². The Bertz CT molecular complexity index is 945. The van der Waals surface area contributed by atoms with E-state index in [2.05, 4.69) is 24.3 Å². The minimum absolute atomic E-state index is 0.0679. The lowest BCUT2D eigenvalue weighted by Gasteiger charge is -2.32. The first-order valence-corrected chi connectivity index (χ1v) is 11.9. The lowest BCUT2D eigenvalue weighted by molar-refractivity contribution is 0.0690. The number of hydrogen-bond donors (Lipinski definition) is 0. The molecule has 2 aromatic carbocycles. The van der Waals surface area contributed by atoms with Crippen LogP contribution in [0.4, 0.5) is 0 Å². The Morgan fingerprint density at radius 3 is 2.28 bits per heavy atom. The van der Waals surface area contributed by atoms with Gasteiger partial charge in [0.25, 0.3) is 5.91 Å². The molecule has 0 atom stereocenters. The van der Waals surface area contributed by atoms with Crippen molar-refractivity contribution in [2.24, 2.45) is 5.92 Å². The molecule has 29 heavy (non-hydrogen) atoms. The van der Waals surface area contributed by atoms with Crippen LogP contribution in [0.1, 0.15) is 41.6 Å². The second-order valence-electron chi connectivity index (χ2n) is 8.06. The summed E-state index contributed by atoms with van der Waals surface area (Å²) in [6.45, 7) is 2.57. The van der Waals surface area contributed by atoms with Crippen molar-refractivity contribution in [1.29, 1.82) is 0 Å². The molecule has 1 amide bonds. The summed E-state index contributed by atoms with van der Waals surface area (Å²) in [6.07, 6.45) is 4.80. The molecule has 2 fully saturated rings. The summed E-state index contributed by atoms with van der Waals surface area (Å²) in [5.41, 5.74) is 1.81. The molecule has 0 bridgehead atoms. The van der Waals surface area contributed by atoms with E-state index in [0.717, 1.165) is 45.2 Å². The van der Waals surface area contributed by atoms with Crippen molar-refractivity contribution in [2.75, 3.05) is 26.2 Å². The van der Waals surface area contributed by atoms with Crippen LogP contribution in [0.5, 0.6) is 0 Å². The molecular formula is C23H28N2O3S. The van der Waals surface area contributed by atoms with Crippen LogP contribution in [0.3, 0.4) is 0 Å². The van der Waals surface area contributed by atoms with Crippen molar-refractivity contribution in [3.05, 3.63) is 65.7 Å². The van der Waals surface area contributed by atoms with E-state index in [1.165, 1.54) is 9.87 Å². The Kier molecular flexibility index (Phi) is 6.01. The van der Waals surface area contributed by atoms with Gasteiger partial charge in [-0.3, -0.25) is 4.79 Å². The summed E-state index contributed by atoms with van der Waals surface area (Å²) in [5, 5.41) is 0. The Morgan fingerprint density at radius 1 is 0.897 bits per heavy atom. The molecule has 154 valence electrons. The highest BCUT2D eigenvalue weighted by molar-refractivity contribution is 7.89. The van der Waals surface area contributed by atoms with Gasteiger partial charge in [-0.2, -0.15) is 4.31 Å². The quantitative estimate of drug-likeness (QED) is 0.754. The predicted octanol–water partition coefficient (Wildman–Crippen LogP) is 3.57. The second kappa shape index (κ2) is 8.67. The molecule has 0 unspecified atom stereocenters. The number of rotatable bonds is 5. The zero-order chi connectivity index (χ0) is 20.3. The molecule has 2 aliphatic heterocycles. The van der Waals surface area contributed by atoms with Crippen molar-refractivity contribution in [1.82, 2.24) is 9.21 Å². The van der Waals surface area contributed by atoms with Crippen LogP contribution < -0.4 is 0 Å². The molecule has 6 heteroatoms. The van der Waals surface area contributed by atoms with Gasteiger partial charge in [-0.25, -0.2) is 8.42 Å². The lowest BCUT2D eigenvalue weighted by atomic mass is 9.90. The van der Waals surface area contributed by atoms with E-state index in [1.807, 2.05) is 11.0 Å². The number of carbonyl (C=O) groups is 1. The molecule has 0 N–H and O–H groups in total. The number of hydrogen-bond acceptors (Lipinski definition) is 3. The molecule has 4 rings (SSSR count). The van der Waals surface area contributed by atoms with Crippen LogP contribution in [0.2, 0.25) is 0 Å². The van der Waals surface area contributed by atoms with E-state index in [1.54, 1.807) is 24.3 Å². The minimum atomic E-state index is -3.51. The standard InChI is InChI=1S/C23H28N2O3S/c26-23(24-15-11-20(12-16-24)17-19-7-2-1-3-8-19)21-9-6-10-22(18-21)29(27,28)25-13-4-5-14-25/h1-3,6-10,18,20H,4-5,11-17H2. The number of nitrogens with zero attached hydrogens (tertiary/aromatic N) is 2. The third kappa shape index (κ3) is 4.54. The maximum Gasteiger partial charge on any atom is 0.253 e. The number of benzene rings is 2. The zero-order valence-corrected chi connectivity index (χ0v) is 17.5. The summed E-state index contributed by atoms with van der Waals surface area (Å²) in [4.78, 5) is 15.1. The molecule has 0 spiro atoms. The van der Waals surface area contributed by atoms with Gasteiger partial charge < -0.3 is 4.90 Å². The summed E-state index contributed by atoms with van der Waals surface area (Å²) >= 11 is 0. The molecule has 5 nitrogen and oxygen atoms in total. The fourth-order valence-corrected chi connectivity index (χ4v) is 5.90. The largest absolute Gasteiger partial charge is 0.339 e. The van der Waals surface area contributed by atoms with Crippen LogP contribution in [0.25, 0.3) is 0 Å². The summed E-state index contributed by atoms with van der Waals surface area (Å²) < 4.78 is 27.1. The molecule has 2 aliphatic rings. The molecule has 2 heterocycles. The van der Waals surface area contributed by atoms with Gasteiger partial charge in [-0.1, -0.05) is 36.4 Å². The average molecular weight is 413 g/mol. The molecule has 2 aromatic rings. The van der Waals surface area contributed by atoms with Gasteiger partial charge in [0.2, 0.25) is 10.0 Å². The fraction of sp³-hybridized carbons (Fsp3) is 0.435. The van der Waals surface area contributed by atoms with E-state index in [9.17, 15) is 13.2 Å². The maximum absolute atomic E-state index is 13.0. The van der Waals surface area contributed by atoms with Gasteiger partial charge in [0.15, 0.2) is 0 Å². The number of sulfonamides is 1. The van der Waals surface area contributed by atoms with Gasteiger partial charge in [-0.05, 0) is 61.8 Å². The molecule has 0 aromatic heterocycles. The monoisotopic (exact) mass is 412 g/mol. The number of amides is 1. The predicted molar refractivity (Wildman–Crippen MR) is 113 cm³/mol. The van der Waals surface area contributed by atoms with Crippen molar-refractivity contribution in [2.45, 2.75) is 37.0 Å². The normalized spacial score (nSPS) is 18.8. The molecule has 0 aliphatic carbocycles. The van der Waals surface area contributed by atoms with E-state index >= 15 is 0 Å². The minimum Gasteiger partial charge on any atom is -0.339 e. The average Bonchev–Trinajstić information content (AvgIpc) is 3.31. The zero-order valence-electron chi connectivity index (χ0n) is 16.7. The summed E-state index contributed by atoms with van der Waals surface area (Å²) in [5.74, 6) is 0.518.